The molecule has 0 aromatic heterocycles. The quantitative estimate of drug-likeness (QED) is 0.422. The summed E-state index contributed by atoms with van der Waals surface area (Å²) in [5, 5.41) is 15.3. The minimum absolute atomic E-state index is 0.0292. The van der Waals surface area contributed by atoms with Crippen LogP contribution in [0.25, 0.3) is 0 Å². The van der Waals surface area contributed by atoms with E-state index in [1.165, 1.54) is 0 Å². The molecule has 3 heterocycles. The van der Waals surface area contributed by atoms with Crippen LogP contribution in [-0.4, -0.2) is 58.1 Å². The third-order valence-electron chi connectivity index (χ3n) is 9.09. The predicted molar refractivity (Wildman–Crippen MR) is 149 cm³/mol. The topological polar surface area (TPSA) is 108 Å². The number of likely N-dealkylation sites (tertiary alicyclic amines) is 1. The Hall–Kier alpha value is -3.23. The van der Waals surface area contributed by atoms with Crippen LogP contribution in [-0.2, 0) is 19.1 Å². The monoisotopic (exact) mass is 533 g/mol. The molecule has 3 amide bonds. The maximum atomic E-state index is 14.2. The molecule has 8 heteroatoms. The molecule has 3 aliphatic rings. The summed E-state index contributed by atoms with van der Waals surface area (Å²) in [6.45, 7) is 8.31. The lowest BCUT2D eigenvalue weighted by Gasteiger charge is -2.36. The summed E-state index contributed by atoms with van der Waals surface area (Å²) >= 11 is 0. The van der Waals surface area contributed by atoms with Crippen LogP contribution in [0.3, 0.4) is 0 Å². The lowest BCUT2D eigenvalue weighted by molar-refractivity contribution is -0.144. The first kappa shape index (κ1) is 27.3. The van der Waals surface area contributed by atoms with Crippen molar-refractivity contribution in [2.24, 2.45) is 17.8 Å². The molecule has 5 rings (SSSR count). The number of carbonyl (C=O) groups is 3. The van der Waals surface area contributed by atoms with E-state index in [4.69, 9.17) is 4.74 Å². The number of unbranched alkanes of at least 4 members (excludes halogenated alkanes) is 2. The van der Waals surface area contributed by atoms with Gasteiger partial charge in [-0.3, -0.25) is 14.4 Å². The maximum Gasteiger partial charge on any atom is 0.250 e. The molecule has 8 nitrogen and oxygen atoms in total. The van der Waals surface area contributed by atoms with Gasteiger partial charge >= 0.3 is 0 Å². The molecule has 0 aliphatic carbocycles. The highest BCUT2D eigenvalue weighted by molar-refractivity contribution is 6.05. The van der Waals surface area contributed by atoms with Crippen LogP contribution in [0.4, 0.5) is 11.4 Å². The van der Waals surface area contributed by atoms with Crippen LogP contribution in [0.15, 0.2) is 48.5 Å². The lowest BCUT2D eigenvalue weighted by atomic mass is 9.62. The molecular weight excluding hydrogens is 494 g/mol. The zero-order valence-electron chi connectivity index (χ0n) is 23.2. The van der Waals surface area contributed by atoms with Gasteiger partial charge in [-0.25, -0.2) is 0 Å². The number of hydrogen-bond donors (Lipinski definition) is 3. The minimum atomic E-state index is -1.09. The van der Waals surface area contributed by atoms with Gasteiger partial charge in [0.05, 0.1) is 17.4 Å². The summed E-state index contributed by atoms with van der Waals surface area (Å²) in [6.07, 6.45) is 2.53. The molecule has 39 heavy (non-hydrogen) atoms. The summed E-state index contributed by atoms with van der Waals surface area (Å²) in [7, 11) is 0. The fourth-order valence-electron chi connectivity index (χ4n) is 7.06. The van der Waals surface area contributed by atoms with Crippen LogP contribution in [0.5, 0.6) is 0 Å². The molecule has 2 bridgehead atoms. The first-order chi connectivity index (χ1) is 18.6. The molecule has 1 spiro atoms. The second-order valence-corrected chi connectivity index (χ2v) is 11.7. The average molecular weight is 534 g/mol. The number of fused-ring (bicyclic) bond motifs is 1. The number of amides is 3. The van der Waals surface area contributed by atoms with Gasteiger partial charge in [0.15, 0.2) is 0 Å². The van der Waals surface area contributed by atoms with E-state index in [9.17, 15) is 19.5 Å². The Bertz CT molecular complexity index is 1270. The molecule has 0 radical (unpaired) electrons. The summed E-state index contributed by atoms with van der Waals surface area (Å²) in [4.78, 5) is 43.7. The van der Waals surface area contributed by atoms with Gasteiger partial charge in [0.2, 0.25) is 17.7 Å². The van der Waals surface area contributed by atoms with Gasteiger partial charge in [-0.05, 0) is 81.7 Å². The molecule has 2 aromatic rings. The highest BCUT2D eigenvalue weighted by atomic mass is 16.5. The van der Waals surface area contributed by atoms with Gasteiger partial charge in [0.1, 0.15) is 11.6 Å². The van der Waals surface area contributed by atoms with Crippen molar-refractivity contribution in [3.05, 3.63) is 59.7 Å². The Morgan fingerprint density at radius 2 is 1.79 bits per heavy atom. The number of anilines is 2. The van der Waals surface area contributed by atoms with E-state index in [1.807, 2.05) is 76.2 Å². The molecule has 3 fully saturated rings. The first-order valence-corrected chi connectivity index (χ1v) is 14.0. The number of rotatable bonds is 9. The number of aliphatic hydroxyl groups excluding tert-OH is 1. The van der Waals surface area contributed by atoms with Crippen molar-refractivity contribution in [1.82, 2.24) is 4.90 Å². The van der Waals surface area contributed by atoms with E-state index in [-0.39, 0.29) is 30.2 Å². The third kappa shape index (κ3) is 4.53. The van der Waals surface area contributed by atoms with E-state index in [1.54, 1.807) is 4.90 Å². The van der Waals surface area contributed by atoms with Gasteiger partial charge in [-0.2, -0.15) is 0 Å². The first-order valence-electron chi connectivity index (χ1n) is 14.0. The predicted octanol–water partition coefficient (Wildman–Crippen LogP) is 4.05. The maximum absolute atomic E-state index is 14.2. The summed E-state index contributed by atoms with van der Waals surface area (Å²) in [5.41, 5.74) is 1.35. The second kappa shape index (κ2) is 10.4. The Balaban J connectivity index is 1.51. The van der Waals surface area contributed by atoms with E-state index < -0.39 is 29.1 Å². The zero-order chi connectivity index (χ0) is 27.9. The Morgan fingerprint density at radius 1 is 1.05 bits per heavy atom. The number of benzene rings is 2. The van der Waals surface area contributed by atoms with Gasteiger partial charge in [0.25, 0.3) is 0 Å². The number of carbonyl (C=O) groups excluding carboxylic acids is 3. The molecule has 6 atom stereocenters. The van der Waals surface area contributed by atoms with Crippen molar-refractivity contribution >= 4 is 29.1 Å². The summed E-state index contributed by atoms with van der Waals surface area (Å²) < 4.78 is 6.78. The average Bonchev–Trinajstić information content (AvgIpc) is 3.41. The Kier molecular flexibility index (Phi) is 7.29. The molecule has 3 N–H and O–H groups in total. The highest BCUT2D eigenvalue weighted by Gasteiger charge is 2.79. The molecule has 208 valence electrons. The van der Waals surface area contributed by atoms with E-state index in [0.717, 1.165) is 17.5 Å². The Morgan fingerprint density at radius 3 is 2.51 bits per heavy atom. The van der Waals surface area contributed by atoms with Crippen molar-refractivity contribution in [3.63, 3.8) is 0 Å². The van der Waals surface area contributed by atoms with Crippen LogP contribution in [0, 0.1) is 31.6 Å². The molecule has 2 aromatic carbocycles. The smallest absolute Gasteiger partial charge is 0.250 e. The number of aryl methyl sites for hydroxylation is 2. The molecule has 3 saturated heterocycles. The van der Waals surface area contributed by atoms with Crippen molar-refractivity contribution in [2.45, 2.75) is 70.6 Å². The van der Waals surface area contributed by atoms with Crippen LogP contribution in [0.1, 0.15) is 50.7 Å². The van der Waals surface area contributed by atoms with Crippen molar-refractivity contribution in [3.8, 4) is 0 Å². The van der Waals surface area contributed by atoms with Gasteiger partial charge in [-0.1, -0.05) is 37.3 Å². The van der Waals surface area contributed by atoms with Crippen molar-refractivity contribution in [1.29, 1.82) is 0 Å². The SMILES string of the molecule is Cc1ccc(C)c(NC(=O)C2N(CCCCCO)C(=O)[C@@H]3[C@@H](C(=O)Nc4ccccc4)[C@]4(C)OC23CC4C)c1. The summed E-state index contributed by atoms with van der Waals surface area (Å²) in [6, 6.07) is 14.2. The molecule has 0 saturated carbocycles. The lowest BCUT2D eigenvalue weighted by Crippen LogP contribution is -2.54. The number of hydrogen-bond acceptors (Lipinski definition) is 5. The standard InChI is InChI=1S/C31H39N3O5/c1-19-13-14-20(2)23(17-19)33-28(37)26-31-18-21(3)30(4,39-31)24(27(36)32-22-11-7-5-8-12-22)25(31)29(38)34(26)15-9-6-10-16-35/h5,7-8,11-14,17,21,24-26,35H,6,9-10,15-16,18H2,1-4H3,(H,32,36)(H,33,37)/t21?,24-,25-,26?,30+,31?/m0/s1. The van der Waals surface area contributed by atoms with Crippen molar-refractivity contribution < 1.29 is 24.2 Å². The van der Waals surface area contributed by atoms with Gasteiger partial charge < -0.3 is 25.4 Å². The molecule has 3 unspecified atom stereocenters. The number of aliphatic hydroxyl groups is 1. The normalized spacial score (nSPS) is 30.9. The van der Waals surface area contributed by atoms with Crippen LogP contribution >= 0.6 is 0 Å². The molecular formula is C31H39N3O5. The van der Waals surface area contributed by atoms with Gasteiger partial charge in [-0.15, -0.1) is 0 Å². The Labute approximate surface area is 230 Å². The summed E-state index contributed by atoms with van der Waals surface area (Å²) in [5.74, 6) is -2.27. The third-order valence-corrected chi connectivity index (χ3v) is 9.09. The number of para-hydroxylation sites is 1. The number of nitrogens with one attached hydrogen (secondary N) is 2. The van der Waals surface area contributed by atoms with E-state index in [0.29, 0.717) is 37.2 Å². The molecule has 3 aliphatic heterocycles. The van der Waals surface area contributed by atoms with Crippen LogP contribution in [0.2, 0.25) is 0 Å². The van der Waals surface area contributed by atoms with E-state index >= 15 is 0 Å². The number of nitrogens with zero attached hydrogens (tertiary/aromatic N) is 1. The van der Waals surface area contributed by atoms with E-state index in [2.05, 4.69) is 10.6 Å². The number of ether oxygens (including phenoxy) is 1. The van der Waals surface area contributed by atoms with Gasteiger partial charge in [0, 0.05) is 24.5 Å². The van der Waals surface area contributed by atoms with Crippen LogP contribution < -0.4 is 10.6 Å². The van der Waals surface area contributed by atoms with Crippen molar-refractivity contribution in [2.75, 3.05) is 23.8 Å². The highest BCUT2D eigenvalue weighted by Crippen LogP contribution is 2.65. The zero-order valence-corrected chi connectivity index (χ0v) is 23.2. The second-order valence-electron chi connectivity index (χ2n) is 11.7. The minimum Gasteiger partial charge on any atom is -0.396 e. The largest absolute Gasteiger partial charge is 0.396 e. The fourth-order valence-corrected chi connectivity index (χ4v) is 7.06. The fraction of sp³-hybridized carbons (Fsp3) is 0.516.